The molecule has 0 unspecified atom stereocenters. The highest BCUT2D eigenvalue weighted by atomic mass is 32.1. The molecule has 7 aromatic carbocycles. The summed E-state index contributed by atoms with van der Waals surface area (Å²) in [6.45, 7) is 4.75. The van der Waals surface area contributed by atoms with Crippen LogP contribution in [0.15, 0.2) is 156 Å². The molecule has 9 aromatic rings. The van der Waals surface area contributed by atoms with Crippen LogP contribution in [0.5, 0.6) is 0 Å². The van der Waals surface area contributed by atoms with E-state index in [1.165, 1.54) is 64.3 Å². The second-order valence-electron chi connectivity index (χ2n) is 13.3. The number of rotatable bonds is 4. The fourth-order valence-electron chi connectivity index (χ4n) is 7.95. The minimum absolute atomic E-state index is 0.185. The Morgan fingerprint density at radius 3 is 1.88 bits per heavy atom. The molecule has 0 amide bonds. The molecule has 0 fully saturated rings. The van der Waals surface area contributed by atoms with E-state index in [2.05, 4.69) is 170 Å². The van der Waals surface area contributed by atoms with Gasteiger partial charge in [0.2, 0.25) is 0 Å². The number of furan rings is 1. The Balaban J connectivity index is 1.16. The highest BCUT2D eigenvalue weighted by molar-refractivity contribution is 7.27. The second-order valence-corrected chi connectivity index (χ2v) is 14.4. The third kappa shape index (κ3) is 3.92. The molecule has 1 aliphatic carbocycles. The number of para-hydroxylation sites is 3. The summed E-state index contributed by atoms with van der Waals surface area (Å²) >= 11 is 1.87. The molecule has 0 bridgehead atoms. The Labute approximate surface area is 283 Å². The van der Waals surface area contributed by atoms with E-state index in [0.29, 0.717) is 0 Å². The highest BCUT2D eigenvalue weighted by Crippen LogP contribution is 2.53. The zero-order valence-electron chi connectivity index (χ0n) is 26.7. The lowest BCUT2D eigenvalue weighted by atomic mass is 9.81. The van der Waals surface area contributed by atoms with Gasteiger partial charge in [0.1, 0.15) is 11.2 Å². The monoisotopic (exact) mass is 633 g/mol. The molecular formula is C45H31NOS. The van der Waals surface area contributed by atoms with Crippen LogP contribution >= 0.6 is 11.3 Å². The van der Waals surface area contributed by atoms with E-state index >= 15 is 0 Å². The summed E-state index contributed by atoms with van der Waals surface area (Å²) in [6.07, 6.45) is 0. The van der Waals surface area contributed by atoms with Gasteiger partial charge >= 0.3 is 0 Å². The molecule has 0 N–H and O–H groups in total. The van der Waals surface area contributed by atoms with Gasteiger partial charge in [0.05, 0.1) is 0 Å². The number of thiophene rings is 1. The molecule has 2 aromatic heterocycles. The van der Waals surface area contributed by atoms with Crippen molar-refractivity contribution in [1.29, 1.82) is 0 Å². The average Bonchev–Trinajstić information content (AvgIpc) is 3.77. The summed E-state index contributed by atoms with van der Waals surface area (Å²) in [4.78, 5) is 2.35. The first-order valence-corrected chi connectivity index (χ1v) is 17.3. The Morgan fingerprint density at radius 1 is 0.500 bits per heavy atom. The molecule has 2 nitrogen and oxygen atoms in total. The first-order chi connectivity index (χ1) is 23.6. The van der Waals surface area contributed by atoms with E-state index in [1.54, 1.807) is 0 Å². The maximum atomic E-state index is 6.51. The quantitative estimate of drug-likeness (QED) is 0.192. The standard InChI is InChI=1S/C45H31NOS/c1-45(2)37-25-28(36-27-40-43(34-17-9-11-19-39(34)47-40)44-42(36)35-18-10-12-20-41(35)48-44)21-23-32(37)33-24-22-31(26-38(33)45)46(29-13-5-3-6-14-29)30-15-7-4-8-16-30/h3-27H,1-2H3. The van der Waals surface area contributed by atoms with Gasteiger partial charge in [0, 0.05) is 53.4 Å². The third-order valence-electron chi connectivity index (χ3n) is 10.2. The van der Waals surface area contributed by atoms with E-state index in [1.807, 2.05) is 11.3 Å². The number of hydrogen-bond donors (Lipinski definition) is 0. The summed E-state index contributed by atoms with van der Waals surface area (Å²) in [5, 5.41) is 5.01. The maximum Gasteiger partial charge on any atom is 0.137 e. The van der Waals surface area contributed by atoms with E-state index in [-0.39, 0.29) is 5.41 Å². The van der Waals surface area contributed by atoms with Gasteiger partial charge in [-0.25, -0.2) is 0 Å². The molecule has 3 heteroatoms. The lowest BCUT2D eigenvalue weighted by Crippen LogP contribution is -2.16. The molecule has 228 valence electrons. The molecule has 0 saturated carbocycles. The molecule has 0 radical (unpaired) electrons. The van der Waals surface area contributed by atoms with Gasteiger partial charge in [-0.2, -0.15) is 0 Å². The number of anilines is 3. The van der Waals surface area contributed by atoms with Crippen LogP contribution in [0.25, 0.3) is 64.4 Å². The van der Waals surface area contributed by atoms with E-state index in [4.69, 9.17) is 4.42 Å². The predicted octanol–water partition coefficient (Wildman–Crippen LogP) is 13.4. The van der Waals surface area contributed by atoms with E-state index < -0.39 is 0 Å². The van der Waals surface area contributed by atoms with Gasteiger partial charge < -0.3 is 9.32 Å². The molecule has 2 heterocycles. The van der Waals surface area contributed by atoms with Gasteiger partial charge in [-0.3, -0.25) is 0 Å². The van der Waals surface area contributed by atoms with Crippen LogP contribution in [0.3, 0.4) is 0 Å². The lowest BCUT2D eigenvalue weighted by Gasteiger charge is -2.28. The van der Waals surface area contributed by atoms with Crippen molar-refractivity contribution in [3.8, 4) is 22.3 Å². The van der Waals surface area contributed by atoms with E-state index in [9.17, 15) is 0 Å². The predicted molar refractivity (Wildman–Crippen MR) is 204 cm³/mol. The van der Waals surface area contributed by atoms with Gasteiger partial charge in [0.25, 0.3) is 0 Å². The topological polar surface area (TPSA) is 16.4 Å². The third-order valence-corrected chi connectivity index (χ3v) is 11.4. The number of fused-ring (bicyclic) bond motifs is 10. The van der Waals surface area contributed by atoms with Crippen LogP contribution in [-0.4, -0.2) is 0 Å². The molecule has 0 spiro atoms. The van der Waals surface area contributed by atoms with Crippen molar-refractivity contribution in [2.24, 2.45) is 0 Å². The van der Waals surface area contributed by atoms with Crippen LogP contribution in [0.1, 0.15) is 25.0 Å². The van der Waals surface area contributed by atoms with Crippen molar-refractivity contribution in [3.63, 3.8) is 0 Å². The highest BCUT2D eigenvalue weighted by Gasteiger charge is 2.36. The molecule has 10 rings (SSSR count). The van der Waals surface area contributed by atoms with Crippen LogP contribution in [-0.2, 0) is 5.41 Å². The van der Waals surface area contributed by atoms with Crippen LogP contribution in [0.4, 0.5) is 17.1 Å². The van der Waals surface area contributed by atoms with Crippen molar-refractivity contribution in [1.82, 2.24) is 0 Å². The normalized spacial score (nSPS) is 13.4. The molecular weight excluding hydrogens is 603 g/mol. The fourth-order valence-corrected chi connectivity index (χ4v) is 9.23. The summed E-state index contributed by atoms with van der Waals surface area (Å²) in [5.74, 6) is 0. The number of nitrogens with zero attached hydrogens (tertiary/aromatic N) is 1. The molecule has 0 aliphatic heterocycles. The van der Waals surface area contributed by atoms with Crippen molar-refractivity contribution >= 4 is 70.5 Å². The van der Waals surface area contributed by atoms with Crippen molar-refractivity contribution in [3.05, 3.63) is 163 Å². The van der Waals surface area contributed by atoms with Crippen molar-refractivity contribution in [2.45, 2.75) is 19.3 Å². The molecule has 0 saturated heterocycles. The minimum atomic E-state index is -0.185. The largest absolute Gasteiger partial charge is 0.456 e. The van der Waals surface area contributed by atoms with Gasteiger partial charge in [0.15, 0.2) is 0 Å². The lowest BCUT2D eigenvalue weighted by molar-refractivity contribution is 0.660. The van der Waals surface area contributed by atoms with Gasteiger partial charge in [-0.05, 0) is 94.0 Å². The Bertz CT molecular complexity index is 2660. The molecule has 1 aliphatic rings. The SMILES string of the molecule is CC1(C)c2cc(-c3cc4oc5ccccc5c4c4sc5ccccc5c34)ccc2-c2ccc(N(c3ccccc3)c3ccccc3)cc21. The summed E-state index contributed by atoms with van der Waals surface area (Å²) in [5.41, 5.74) is 12.9. The second kappa shape index (κ2) is 10.2. The summed E-state index contributed by atoms with van der Waals surface area (Å²) < 4.78 is 9.11. The van der Waals surface area contributed by atoms with Gasteiger partial charge in [-0.1, -0.05) is 105 Å². The van der Waals surface area contributed by atoms with Gasteiger partial charge in [-0.15, -0.1) is 11.3 Å². The average molecular weight is 634 g/mol. The Kier molecular flexibility index (Phi) is 5.82. The first kappa shape index (κ1) is 27.5. The Hall–Kier alpha value is -5.64. The van der Waals surface area contributed by atoms with Crippen LogP contribution in [0.2, 0.25) is 0 Å². The van der Waals surface area contributed by atoms with Crippen LogP contribution in [0, 0.1) is 0 Å². The molecule has 0 atom stereocenters. The Morgan fingerprint density at radius 2 is 1.12 bits per heavy atom. The number of benzene rings is 7. The molecule has 48 heavy (non-hydrogen) atoms. The maximum absolute atomic E-state index is 6.51. The smallest absolute Gasteiger partial charge is 0.137 e. The summed E-state index contributed by atoms with van der Waals surface area (Å²) in [7, 11) is 0. The van der Waals surface area contributed by atoms with Crippen molar-refractivity contribution in [2.75, 3.05) is 4.90 Å². The zero-order chi connectivity index (χ0) is 32.0. The number of hydrogen-bond acceptors (Lipinski definition) is 3. The van der Waals surface area contributed by atoms with Crippen LogP contribution < -0.4 is 4.90 Å². The fraction of sp³-hybridized carbons (Fsp3) is 0.0667. The van der Waals surface area contributed by atoms with Crippen molar-refractivity contribution < 1.29 is 4.42 Å². The van der Waals surface area contributed by atoms with E-state index in [0.717, 1.165) is 28.2 Å². The zero-order valence-corrected chi connectivity index (χ0v) is 27.5. The summed E-state index contributed by atoms with van der Waals surface area (Å²) in [6, 6.07) is 54.9. The minimum Gasteiger partial charge on any atom is -0.456 e. The first-order valence-electron chi connectivity index (χ1n) is 16.5.